The summed E-state index contributed by atoms with van der Waals surface area (Å²) in [6.07, 6.45) is 0.281. The van der Waals surface area contributed by atoms with Gasteiger partial charge in [-0.2, -0.15) is 0 Å². The Morgan fingerprint density at radius 3 is 2.24 bits per heavy atom. The predicted octanol–water partition coefficient (Wildman–Crippen LogP) is -0.595. The van der Waals surface area contributed by atoms with E-state index in [0.29, 0.717) is 0 Å². The van der Waals surface area contributed by atoms with Gasteiger partial charge in [0, 0.05) is 13.1 Å². The molecule has 21 heavy (non-hydrogen) atoms. The molecule has 0 saturated carbocycles. The highest BCUT2D eigenvalue weighted by atomic mass is 16.4. The molecule has 1 atom stereocenters. The van der Waals surface area contributed by atoms with Crippen LogP contribution in [0.15, 0.2) is 35.5 Å². The van der Waals surface area contributed by atoms with Gasteiger partial charge in [0.15, 0.2) is 5.84 Å². The molecule has 1 rings (SSSR count). The van der Waals surface area contributed by atoms with E-state index in [1.54, 1.807) is 0 Å². The molecule has 0 radical (unpaired) electrons. The van der Waals surface area contributed by atoms with Crippen molar-refractivity contribution in [3.8, 4) is 0 Å². The summed E-state index contributed by atoms with van der Waals surface area (Å²) < 4.78 is 0. The summed E-state index contributed by atoms with van der Waals surface area (Å²) in [6, 6.07) is 9.21. The Kier molecular flexibility index (Phi) is 7.20. The van der Waals surface area contributed by atoms with Gasteiger partial charge in [0.1, 0.15) is 5.92 Å². The van der Waals surface area contributed by atoms with Crippen LogP contribution in [-0.2, 0) is 11.2 Å². The largest absolute Gasteiger partial charge is 0.409 e. The number of benzene rings is 1. The summed E-state index contributed by atoms with van der Waals surface area (Å²) in [5.41, 5.74) is 6.49. The Labute approximate surface area is 123 Å². The lowest BCUT2D eigenvalue weighted by Gasteiger charge is -2.25. The van der Waals surface area contributed by atoms with Crippen molar-refractivity contribution in [3.05, 3.63) is 35.9 Å². The Morgan fingerprint density at radius 1 is 1.19 bits per heavy atom. The molecule has 7 heteroatoms. The van der Waals surface area contributed by atoms with Gasteiger partial charge >= 0.3 is 0 Å². The Morgan fingerprint density at radius 2 is 1.76 bits per heavy atom. The second-order valence-corrected chi connectivity index (χ2v) is 4.54. The summed E-state index contributed by atoms with van der Waals surface area (Å²) in [6.45, 7) is -0.271. The summed E-state index contributed by atoms with van der Waals surface area (Å²) in [7, 11) is 0. The lowest BCUT2D eigenvalue weighted by Crippen LogP contribution is -2.45. The normalized spacial score (nSPS) is 13.0. The van der Waals surface area contributed by atoms with Gasteiger partial charge in [-0.15, -0.1) is 0 Å². The minimum atomic E-state index is -0.838. The number of aliphatic hydroxyl groups excluding tert-OH is 2. The number of carbonyl (C=O) groups excluding carboxylic acids is 1. The van der Waals surface area contributed by atoms with Gasteiger partial charge in [-0.05, 0) is 12.0 Å². The Balaban J connectivity index is 2.93. The maximum atomic E-state index is 12.5. The topological polar surface area (TPSA) is 119 Å². The molecule has 116 valence electrons. The van der Waals surface area contributed by atoms with E-state index in [1.807, 2.05) is 30.3 Å². The number of carbonyl (C=O) groups is 1. The monoisotopic (exact) mass is 295 g/mol. The van der Waals surface area contributed by atoms with Crippen molar-refractivity contribution >= 4 is 11.7 Å². The molecule has 0 spiro atoms. The standard InChI is InChI=1S/C14H21N3O4/c15-13(16-21)12(10-11-4-2-1-3-5-11)14(20)17(6-8-18)7-9-19/h1-5,12,18-19,21H,6-10H2,(H2,15,16). The summed E-state index contributed by atoms with van der Waals surface area (Å²) in [5, 5.41) is 29.8. The first-order valence-electron chi connectivity index (χ1n) is 6.65. The number of rotatable bonds is 8. The van der Waals surface area contributed by atoms with Gasteiger partial charge in [0.2, 0.25) is 5.91 Å². The molecule has 0 aliphatic rings. The van der Waals surface area contributed by atoms with Crippen LogP contribution in [0.2, 0.25) is 0 Å². The van der Waals surface area contributed by atoms with Crippen molar-refractivity contribution in [1.29, 1.82) is 0 Å². The predicted molar refractivity (Wildman–Crippen MR) is 77.8 cm³/mol. The van der Waals surface area contributed by atoms with Crippen molar-refractivity contribution in [2.24, 2.45) is 16.8 Å². The molecular formula is C14H21N3O4. The SMILES string of the molecule is NC(=NO)C(Cc1ccccc1)C(=O)N(CCO)CCO. The van der Waals surface area contributed by atoms with E-state index in [-0.39, 0.29) is 38.6 Å². The van der Waals surface area contributed by atoms with E-state index in [1.165, 1.54) is 4.90 Å². The number of nitrogens with two attached hydrogens (primary N) is 1. The smallest absolute Gasteiger partial charge is 0.233 e. The van der Waals surface area contributed by atoms with Crippen LogP contribution in [0.25, 0.3) is 0 Å². The molecule has 1 aromatic carbocycles. The molecular weight excluding hydrogens is 274 g/mol. The van der Waals surface area contributed by atoms with E-state index in [4.69, 9.17) is 21.2 Å². The minimum Gasteiger partial charge on any atom is -0.409 e. The van der Waals surface area contributed by atoms with E-state index in [2.05, 4.69) is 5.16 Å². The van der Waals surface area contributed by atoms with Crippen molar-refractivity contribution in [2.45, 2.75) is 6.42 Å². The molecule has 0 heterocycles. The number of aliphatic hydroxyl groups is 2. The summed E-state index contributed by atoms with van der Waals surface area (Å²) in [4.78, 5) is 13.8. The van der Waals surface area contributed by atoms with Crippen LogP contribution in [0.1, 0.15) is 5.56 Å². The molecule has 1 unspecified atom stereocenters. The minimum absolute atomic E-state index is 0.0867. The number of oxime groups is 1. The first kappa shape index (κ1) is 16.9. The summed E-state index contributed by atoms with van der Waals surface area (Å²) in [5.74, 6) is -1.42. The third-order valence-electron chi connectivity index (χ3n) is 3.10. The molecule has 7 nitrogen and oxygen atoms in total. The van der Waals surface area contributed by atoms with Crippen LogP contribution < -0.4 is 5.73 Å². The molecule has 0 bridgehead atoms. The lowest BCUT2D eigenvalue weighted by atomic mass is 9.96. The van der Waals surface area contributed by atoms with E-state index >= 15 is 0 Å². The average molecular weight is 295 g/mol. The van der Waals surface area contributed by atoms with Gasteiger partial charge in [-0.3, -0.25) is 4.79 Å². The average Bonchev–Trinajstić information content (AvgIpc) is 2.52. The van der Waals surface area contributed by atoms with Gasteiger partial charge in [0.05, 0.1) is 13.2 Å². The molecule has 0 aliphatic carbocycles. The van der Waals surface area contributed by atoms with Gasteiger partial charge in [0.25, 0.3) is 0 Å². The zero-order chi connectivity index (χ0) is 15.7. The van der Waals surface area contributed by atoms with Crippen LogP contribution in [0.3, 0.4) is 0 Å². The van der Waals surface area contributed by atoms with Crippen LogP contribution in [0.4, 0.5) is 0 Å². The van der Waals surface area contributed by atoms with Crippen LogP contribution >= 0.6 is 0 Å². The van der Waals surface area contributed by atoms with E-state index in [0.717, 1.165) is 5.56 Å². The zero-order valence-corrected chi connectivity index (χ0v) is 11.7. The molecule has 0 aromatic heterocycles. The number of amides is 1. The zero-order valence-electron chi connectivity index (χ0n) is 11.7. The molecule has 1 aromatic rings. The highest BCUT2D eigenvalue weighted by Crippen LogP contribution is 2.12. The highest BCUT2D eigenvalue weighted by molar-refractivity contribution is 6.02. The molecule has 1 amide bonds. The van der Waals surface area contributed by atoms with Crippen molar-refractivity contribution in [1.82, 2.24) is 4.90 Å². The van der Waals surface area contributed by atoms with Crippen LogP contribution in [-0.4, -0.2) is 58.4 Å². The molecule has 5 N–H and O–H groups in total. The maximum Gasteiger partial charge on any atom is 0.233 e. The Bertz CT molecular complexity index is 459. The van der Waals surface area contributed by atoms with E-state index in [9.17, 15) is 4.79 Å². The second-order valence-electron chi connectivity index (χ2n) is 4.54. The quantitative estimate of drug-likeness (QED) is 0.221. The third kappa shape index (κ3) is 5.05. The van der Waals surface area contributed by atoms with Crippen LogP contribution in [0, 0.1) is 5.92 Å². The third-order valence-corrected chi connectivity index (χ3v) is 3.10. The van der Waals surface area contributed by atoms with Gasteiger partial charge < -0.3 is 26.1 Å². The number of nitrogens with zero attached hydrogens (tertiary/aromatic N) is 2. The molecule has 0 saturated heterocycles. The second kappa shape index (κ2) is 8.93. The van der Waals surface area contributed by atoms with E-state index < -0.39 is 11.8 Å². The van der Waals surface area contributed by atoms with Crippen molar-refractivity contribution in [2.75, 3.05) is 26.3 Å². The summed E-state index contributed by atoms with van der Waals surface area (Å²) >= 11 is 0. The maximum absolute atomic E-state index is 12.5. The van der Waals surface area contributed by atoms with Gasteiger partial charge in [-0.25, -0.2) is 0 Å². The van der Waals surface area contributed by atoms with Crippen molar-refractivity contribution < 1.29 is 20.2 Å². The van der Waals surface area contributed by atoms with Crippen molar-refractivity contribution in [3.63, 3.8) is 0 Å². The highest BCUT2D eigenvalue weighted by Gasteiger charge is 2.28. The first-order valence-corrected chi connectivity index (χ1v) is 6.65. The number of hydrogen-bond donors (Lipinski definition) is 4. The molecule has 0 fully saturated rings. The molecule has 0 aliphatic heterocycles. The lowest BCUT2D eigenvalue weighted by molar-refractivity contribution is -0.134. The first-order chi connectivity index (χ1) is 10.1. The fourth-order valence-electron chi connectivity index (χ4n) is 2.03. The number of hydrogen-bond acceptors (Lipinski definition) is 5. The number of amidine groups is 1. The Hall–Kier alpha value is -2.12. The fourth-order valence-corrected chi connectivity index (χ4v) is 2.03. The van der Waals surface area contributed by atoms with Gasteiger partial charge in [-0.1, -0.05) is 35.5 Å². The fraction of sp³-hybridized carbons (Fsp3) is 0.429. The van der Waals surface area contributed by atoms with Crippen LogP contribution in [0.5, 0.6) is 0 Å².